The van der Waals surface area contributed by atoms with Crippen LogP contribution < -0.4 is 11.1 Å². The van der Waals surface area contributed by atoms with Crippen LogP contribution in [-0.2, 0) is 0 Å². The molecule has 0 bridgehead atoms. The molecule has 1 aromatic rings. The first-order valence-corrected chi connectivity index (χ1v) is 8.01. The molecule has 1 fully saturated rings. The molecule has 1 saturated carbocycles. The van der Waals surface area contributed by atoms with Crippen LogP contribution in [0.1, 0.15) is 69.7 Å². The molecule has 0 saturated heterocycles. The Morgan fingerprint density at radius 1 is 1.19 bits per heavy atom. The summed E-state index contributed by atoms with van der Waals surface area (Å²) >= 11 is 0. The van der Waals surface area contributed by atoms with Crippen molar-refractivity contribution in [3.05, 3.63) is 11.4 Å². The summed E-state index contributed by atoms with van der Waals surface area (Å²) in [6.07, 6.45) is 6.35. The molecule has 1 heterocycles. The van der Waals surface area contributed by atoms with Crippen LogP contribution >= 0.6 is 0 Å². The molecule has 118 valence electrons. The van der Waals surface area contributed by atoms with Crippen molar-refractivity contribution >= 4 is 11.6 Å². The van der Waals surface area contributed by atoms with E-state index in [4.69, 9.17) is 5.73 Å². The minimum atomic E-state index is -0.624. The van der Waals surface area contributed by atoms with E-state index in [1.165, 1.54) is 12.8 Å². The number of nitrogens with one attached hydrogen (secondary N) is 1. The van der Waals surface area contributed by atoms with E-state index in [-0.39, 0.29) is 5.92 Å². The highest BCUT2D eigenvalue weighted by Crippen LogP contribution is 2.28. The zero-order valence-corrected chi connectivity index (χ0v) is 13.4. The summed E-state index contributed by atoms with van der Waals surface area (Å²) in [6.45, 7) is 6.54. The van der Waals surface area contributed by atoms with Crippen molar-refractivity contribution in [3.63, 3.8) is 0 Å². The number of nitrogen functional groups attached to an aromatic ring is 1. The molecule has 0 aromatic carbocycles. The molecule has 1 aliphatic rings. The lowest BCUT2D eigenvalue weighted by Crippen LogP contribution is -2.36. The van der Waals surface area contributed by atoms with Crippen LogP contribution in [0.5, 0.6) is 0 Å². The van der Waals surface area contributed by atoms with Crippen molar-refractivity contribution in [1.29, 1.82) is 0 Å². The second-order valence-corrected chi connectivity index (χ2v) is 6.59. The molecule has 0 atom stereocenters. The van der Waals surface area contributed by atoms with Crippen molar-refractivity contribution in [1.82, 2.24) is 9.97 Å². The standard InChI is InChI=1S/C16H28N4O/c1-11(2)14-19-13(17)12(3)15(20-14)18-10-16(21)8-6-4-5-7-9-16/h11,21H,4-10H2,1-3H3,(H3,17,18,19,20). The Bertz CT molecular complexity index is 479. The first-order chi connectivity index (χ1) is 9.91. The number of hydrogen-bond donors (Lipinski definition) is 3. The Morgan fingerprint density at radius 3 is 2.38 bits per heavy atom. The van der Waals surface area contributed by atoms with Crippen molar-refractivity contribution < 1.29 is 5.11 Å². The molecule has 0 amide bonds. The monoisotopic (exact) mass is 292 g/mol. The summed E-state index contributed by atoms with van der Waals surface area (Å²) in [5, 5.41) is 14.0. The maximum atomic E-state index is 10.7. The van der Waals surface area contributed by atoms with Gasteiger partial charge < -0.3 is 16.2 Å². The van der Waals surface area contributed by atoms with Gasteiger partial charge in [0.15, 0.2) is 0 Å². The van der Waals surface area contributed by atoms with E-state index < -0.39 is 5.60 Å². The van der Waals surface area contributed by atoms with Gasteiger partial charge in [0.2, 0.25) is 0 Å². The predicted molar refractivity (Wildman–Crippen MR) is 86.4 cm³/mol. The Labute approximate surface area is 127 Å². The fraction of sp³-hybridized carbons (Fsp3) is 0.750. The van der Waals surface area contributed by atoms with E-state index in [9.17, 15) is 5.11 Å². The number of aromatic nitrogens is 2. The van der Waals surface area contributed by atoms with Gasteiger partial charge in [0.1, 0.15) is 17.5 Å². The molecule has 0 radical (unpaired) electrons. The van der Waals surface area contributed by atoms with Crippen LogP contribution in [0, 0.1) is 6.92 Å². The van der Waals surface area contributed by atoms with Gasteiger partial charge in [0.25, 0.3) is 0 Å². The number of rotatable bonds is 4. The lowest BCUT2D eigenvalue weighted by Gasteiger charge is -2.27. The van der Waals surface area contributed by atoms with Gasteiger partial charge in [-0.3, -0.25) is 0 Å². The summed E-state index contributed by atoms with van der Waals surface area (Å²) in [5.74, 6) is 2.25. The fourth-order valence-corrected chi connectivity index (χ4v) is 2.79. The maximum Gasteiger partial charge on any atom is 0.135 e. The van der Waals surface area contributed by atoms with Crippen LogP contribution in [0.3, 0.4) is 0 Å². The van der Waals surface area contributed by atoms with Gasteiger partial charge in [0.05, 0.1) is 5.60 Å². The van der Waals surface area contributed by atoms with Crippen molar-refractivity contribution in [2.24, 2.45) is 0 Å². The third-order valence-corrected chi connectivity index (χ3v) is 4.34. The molecule has 2 rings (SSSR count). The van der Waals surface area contributed by atoms with Gasteiger partial charge >= 0.3 is 0 Å². The topological polar surface area (TPSA) is 84.1 Å². The average Bonchev–Trinajstić information content (AvgIpc) is 2.65. The molecule has 0 spiro atoms. The van der Waals surface area contributed by atoms with Crippen LogP contribution in [0.25, 0.3) is 0 Å². The second-order valence-electron chi connectivity index (χ2n) is 6.59. The summed E-state index contributed by atoms with van der Waals surface area (Å²) in [4.78, 5) is 8.88. The second kappa shape index (κ2) is 6.60. The van der Waals surface area contributed by atoms with Crippen molar-refractivity contribution in [3.8, 4) is 0 Å². The molecule has 0 unspecified atom stereocenters. The number of anilines is 2. The minimum Gasteiger partial charge on any atom is -0.388 e. The van der Waals surface area contributed by atoms with Crippen molar-refractivity contribution in [2.45, 2.75) is 70.8 Å². The predicted octanol–water partition coefficient (Wildman–Crippen LogP) is 2.99. The van der Waals surface area contributed by atoms with Gasteiger partial charge in [-0.15, -0.1) is 0 Å². The maximum absolute atomic E-state index is 10.7. The largest absolute Gasteiger partial charge is 0.388 e. The summed E-state index contributed by atoms with van der Waals surface area (Å²) in [6, 6.07) is 0. The number of hydrogen-bond acceptors (Lipinski definition) is 5. The van der Waals surface area contributed by atoms with Crippen LogP contribution in [0.15, 0.2) is 0 Å². The lowest BCUT2D eigenvalue weighted by atomic mass is 9.94. The minimum absolute atomic E-state index is 0.231. The number of aliphatic hydroxyl groups is 1. The number of nitrogens with zero attached hydrogens (tertiary/aromatic N) is 2. The molecule has 1 aliphatic carbocycles. The highest BCUT2D eigenvalue weighted by atomic mass is 16.3. The van der Waals surface area contributed by atoms with Crippen LogP contribution in [0.4, 0.5) is 11.6 Å². The molecule has 0 aliphatic heterocycles. The first-order valence-electron chi connectivity index (χ1n) is 8.01. The Kier molecular flexibility index (Phi) is 5.04. The Morgan fingerprint density at radius 2 is 1.81 bits per heavy atom. The third kappa shape index (κ3) is 4.06. The van der Waals surface area contributed by atoms with E-state index in [1.54, 1.807) is 0 Å². The van der Waals surface area contributed by atoms with E-state index >= 15 is 0 Å². The van der Waals surface area contributed by atoms with E-state index in [0.29, 0.717) is 12.4 Å². The van der Waals surface area contributed by atoms with E-state index in [2.05, 4.69) is 15.3 Å². The first kappa shape index (κ1) is 16.0. The van der Waals surface area contributed by atoms with Gasteiger partial charge in [-0.1, -0.05) is 39.5 Å². The zero-order valence-electron chi connectivity index (χ0n) is 13.4. The fourth-order valence-electron chi connectivity index (χ4n) is 2.79. The Balaban J connectivity index is 2.11. The van der Waals surface area contributed by atoms with Gasteiger partial charge in [0, 0.05) is 18.0 Å². The smallest absolute Gasteiger partial charge is 0.135 e. The van der Waals surface area contributed by atoms with Gasteiger partial charge in [-0.2, -0.15) is 0 Å². The Hall–Kier alpha value is -1.36. The molecule has 21 heavy (non-hydrogen) atoms. The highest BCUT2D eigenvalue weighted by molar-refractivity contribution is 5.55. The normalized spacial score (nSPS) is 18.5. The molecule has 4 N–H and O–H groups in total. The summed E-state index contributed by atoms with van der Waals surface area (Å²) < 4.78 is 0. The third-order valence-electron chi connectivity index (χ3n) is 4.34. The lowest BCUT2D eigenvalue weighted by molar-refractivity contribution is 0.0380. The van der Waals surface area contributed by atoms with E-state index in [0.717, 1.165) is 42.9 Å². The molecule has 5 heteroatoms. The van der Waals surface area contributed by atoms with Crippen LogP contribution in [0.2, 0.25) is 0 Å². The highest BCUT2D eigenvalue weighted by Gasteiger charge is 2.28. The molecule has 1 aromatic heterocycles. The molecular weight excluding hydrogens is 264 g/mol. The summed E-state index contributed by atoms with van der Waals surface area (Å²) in [5.41, 5.74) is 6.21. The molecular formula is C16H28N4O. The molecule has 5 nitrogen and oxygen atoms in total. The van der Waals surface area contributed by atoms with Gasteiger partial charge in [-0.05, 0) is 19.8 Å². The quantitative estimate of drug-likeness (QED) is 0.743. The summed E-state index contributed by atoms with van der Waals surface area (Å²) in [7, 11) is 0. The van der Waals surface area contributed by atoms with Crippen molar-refractivity contribution in [2.75, 3.05) is 17.6 Å². The van der Waals surface area contributed by atoms with Gasteiger partial charge in [-0.25, -0.2) is 9.97 Å². The SMILES string of the molecule is Cc1c(N)nc(C(C)C)nc1NCC1(O)CCCCCC1. The van der Waals surface area contributed by atoms with Crippen LogP contribution in [-0.4, -0.2) is 27.2 Å². The number of nitrogens with two attached hydrogens (primary N) is 1. The average molecular weight is 292 g/mol. The van der Waals surface area contributed by atoms with E-state index in [1.807, 2.05) is 20.8 Å². The zero-order chi connectivity index (χ0) is 15.5.